The lowest BCUT2D eigenvalue weighted by molar-refractivity contribution is -0.148. The van der Waals surface area contributed by atoms with Gasteiger partial charge in [0.1, 0.15) is 0 Å². The van der Waals surface area contributed by atoms with Gasteiger partial charge in [0.05, 0.1) is 10.7 Å². The van der Waals surface area contributed by atoms with Gasteiger partial charge in [-0.05, 0) is 33.6 Å². The lowest BCUT2D eigenvalue weighted by atomic mass is 9.85. The summed E-state index contributed by atoms with van der Waals surface area (Å²) >= 11 is 0. The maximum Gasteiger partial charge on any atom is 0.310 e. The molecule has 5 nitrogen and oxygen atoms in total. The van der Waals surface area contributed by atoms with Crippen LogP contribution in [0, 0.1) is 5.41 Å². The van der Waals surface area contributed by atoms with Gasteiger partial charge in [0.2, 0.25) is 10.0 Å². The highest BCUT2D eigenvalue weighted by molar-refractivity contribution is 7.90. The number of rotatable bonds is 4. The van der Waals surface area contributed by atoms with Gasteiger partial charge in [0.15, 0.2) is 0 Å². The summed E-state index contributed by atoms with van der Waals surface area (Å²) in [6, 6.07) is -0.489. The van der Waals surface area contributed by atoms with Crippen molar-refractivity contribution >= 4 is 16.0 Å². The number of carbonyl (C=O) groups is 1. The second-order valence-corrected chi connectivity index (χ2v) is 7.15. The van der Waals surface area contributed by atoms with Crippen molar-refractivity contribution in [2.24, 2.45) is 5.41 Å². The molecule has 0 saturated heterocycles. The van der Waals surface area contributed by atoms with Crippen LogP contribution >= 0.6 is 0 Å². The van der Waals surface area contributed by atoms with E-state index >= 15 is 0 Å². The second kappa shape index (κ2) is 4.33. The van der Waals surface area contributed by atoms with Gasteiger partial charge < -0.3 is 5.11 Å². The molecular formula is C10H19NO4S. The molecule has 0 aromatic rings. The van der Waals surface area contributed by atoms with Crippen molar-refractivity contribution in [2.45, 2.75) is 51.3 Å². The molecule has 0 aromatic heterocycles. The van der Waals surface area contributed by atoms with Crippen molar-refractivity contribution in [3.63, 3.8) is 0 Å². The largest absolute Gasteiger partial charge is 0.481 e. The highest BCUT2D eigenvalue weighted by Gasteiger charge is 2.46. The zero-order valence-corrected chi connectivity index (χ0v) is 10.7. The molecule has 1 saturated carbocycles. The van der Waals surface area contributed by atoms with Gasteiger partial charge in [-0.2, -0.15) is 0 Å². The van der Waals surface area contributed by atoms with Gasteiger partial charge in [-0.3, -0.25) is 4.79 Å². The quantitative estimate of drug-likeness (QED) is 0.777. The first-order valence-corrected chi connectivity index (χ1v) is 6.99. The Hall–Kier alpha value is -0.620. The summed E-state index contributed by atoms with van der Waals surface area (Å²) in [6.07, 6.45) is 1.86. The summed E-state index contributed by atoms with van der Waals surface area (Å²) in [5, 5.41) is 8.61. The number of carboxylic acids is 1. The first kappa shape index (κ1) is 13.4. The molecule has 0 radical (unpaired) electrons. The van der Waals surface area contributed by atoms with E-state index in [1.54, 1.807) is 20.8 Å². The zero-order valence-electron chi connectivity index (χ0n) is 9.86. The molecule has 2 unspecified atom stereocenters. The molecule has 0 bridgehead atoms. The van der Waals surface area contributed by atoms with Gasteiger partial charge in [-0.25, -0.2) is 13.1 Å². The highest BCUT2D eigenvalue weighted by Crippen LogP contribution is 2.38. The molecule has 0 amide bonds. The minimum atomic E-state index is -3.40. The van der Waals surface area contributed by atoms with Gasteiger partial charge in [0.25, 0.3) is 0 Å². The Balaban J connectivity index is 2.87. The van der Waals surface area contributed by atoms with E-state index in [1.807, 2.05) is 0 Å². The third-order valence-electron chi connectivity index (χ3n) is 3.37. The minimum absolute atomic E-state index is 0.489. The smallest absolute Gasteiger partial charge is 0.310 e. The summed E-state index contributed by atoms with van der Waals surface area (Å²) in [5.41, 5.74) is -0.970. The van der Waals surface area contributed by atoms with Crippen LogP contribution in [0.5, 0.6) is 0 Å². The van der Waals surface area contributed by atoms with Crippen molar-refractivity contribution in [2.75, 3.05) is 0 Å². The van der Waals surface area contributed by atoms with Crippen molar-refractivity contribution in [3.8, 4) is 0 Å². The van der Waals surface area contributed by atoms with Gasteiger partial charge in [-0.15, -0.1) is 0 Å². The third kappa shape index (κ3) is 2.38. The number of hydrogen-bond acceptors (Lipinski definition) is 3. The molecular weight excluding hydrogens is 230 g/mol. The van der Waals surface area contributed by atoms with Crippen LogP contribution in [0.25, 0.3) is 0 Å². The molecule has 2 atom stereocenters. The van der Waals surface area contributed by atoms with E-state index in [9.17, 15) is 13.2 Å². The third-order valence-corrected chi connectivity index (χ3v) is 5.23. The van der Waals surface area contributed by atoms with Crippen molar-refractivity contribution in [1.29, 1.82) is 0 Å². The summed E-state index contributed by atoms with van der Waals surface area (Å²) < 4.78 is 25.9. The molecule has 0 heterocycles. The number of aliphatic carboxylic acids is 1. The van der Waals surface area contributed by atoms with E-state index in [0.717, 1.165) is 6.42 Å². The predicted octanol–water partition coefficient (Wildman–Crippen LogP) is 0.958. The van der Waals surface area contributed by atoms with Crippen LogP contribution in [0.15, 0.2) is 0 Å². The van der Waals surface area contributed by atoms with E-state index < -0.39 is 32.7 Å². The van der Waals surface area contributed by atoms with Crippen LogP contribution in [0.2, 0.25) is 0 Å². The van der Waals surface area contributed by atoms with Crippen LogP contribution in [0.4, 0.5) is 0 Å². The summed E-state index contributed by atoms with van der Waals surface area (Å²) in [5.74, 6) is -0.929. The van der Waals surface area contributed by atoms with Crippen LogP contribution in [0.1, 0.15) is 40.0 Å². The fourth-order valence-electron chi connectivity index (χ4n) is 1.95. The summed E-state index contributed by atoms with van der Waals surface area (Å²) in [7, 11) is -3.40. The minimum Gasteiger partial charge on any atom is -0.481 e. The highest BCUT2D eigenvalue weighted by atomic mass is 32.2. The summed E-state index contributed by atoms with van der Waals surface area (Å²) in [6.45, 7) is 4.76. The molecule has 1 aliphatic rings. The van der Waals surface area contributed by atoms with E-state index in [0.29, 0.717) is 12.8 Å². The SMILES string of the molecule is CC(C)S(=O)(=O)NC1CCCC1(C)C(=O)O. The number of hydrogen-bond donors (Lipinski definition) is 2. The Kier molecular flexibility index (Phi) is 3.64. The van der Waals surface area contributed by atoms with Crippen LogP contribution < -0.4 is 4.72 Å². The Morgan fingerprint density at radius 2 is 2.06 bits per heavy atom. The fourth-order valence-corrected chi connectivity index (χ4v) is 2.99. The average Bonchev–Trinajstić information content (AvgIpc) is 2.48. The molecule has 1 fully saturated rings. The van der Waals surface area contributed by atoms with Gasteiger partial charge in [0, 0.05) is 6.04 Å². The molecule has 2 N–H and O–H groups in total. The Morgan fingerprint density at radius 3 is 2.50 bits per heavy atom. The lowest BCUT2D eigenvalue weighted by Gasteiger charge is -2.28. The molecule has 94 valence electrons. The summed E-state index contributed by atoms with van der Waals surface area (Å²) in [4.78, 5) is 11.2. The Bertz CT molecular complexity index is 376. The van der Waals surface area contributed by atoms with E-state index in [2.05, 4.69) is 4.72 Å². The molecule has 6 heteroatoms. The first-order valence-electron chi connectivity index (χ1n) is 5.44. The molecule has 1 aliphatic carbocycles. The van der Waals surface area contributed by atoms with E-state index in [-0.39, 0.29) is 0 Å². The Morgan fingerprint density at radius 1 is 1.50 bits per heavy atom. The maximum atomic E-state index is 11.7. The number of carboxylic acid groups (broad SMARTS) is 1. The molecule has 16 heavy (non-hydrogen) atoms. The standard InChI is InChI=1S/C10H19NO4S/c1-7(2)16(14,15)11-8-5-4-6-10(8,3)9(12)13/h7-8,11H,4-6H2,1-3H3,(H,12,13). The van der Waals surface area contributed by atoms with Crippen LogP contribution in [-0.4, -0.2) is 30.8 Å². The van der Waals surface area contributed by atoms with E-state index in [1.165, 1.54) is 0 Å². The topological polar surface area (TPSA) is 83.5 Å². The lowest BCUT2D eigenvalue weighted by Crippen LogP contribution is -2.48. The van der Waals surface area contributed by atoms with Crippen molar-refractivity contribution in [3.05, 3.63) is 0 Å². The first-order chi connectivity index (χ1) is 7.20. The van der Waals surface area contributed by atoms with Gasteiger partial charge >= 0.3 is 5.97 Å². The molecule has 0 aromatic carbocycles. The average molecular weight is 249 g/mol. The molecule has 0 aliphatic heterocycles. The fraction of sp³-hybridized carbons (Fsp3) is 0.900. The van der Waals surface area contributed by atoms with Gasteiger partial charge in [-0.1, -0.05) is 6.42 Å². The Labute approximate surface area is 96.3 Å². The number of sulfonamides is 1. The second-order valence-electron chi connectivity index (χ2n) is 4.88. The normalized spacial score (nSPS) is 30.9. The molecule has 1 rings (SSSR count). The predicted molar refractivity (Wildman–Crippen MR) is 60.6 cm³/mol. The maximum absolute atomic E-state index is 11.7. The van der Waals surface area contributed by atoms with Crippen LogP contribution in [-0.2, 0) is 14.8 Å². The van der Waals surface area contributed by atoms with Crippen molar-refractivity contribution in [1.82, 2.24) is 4.72 Å². The van der Waals surface area contributed by atoms with Crippen molar-refractivity contribution < 1.29 is 18.3 Å². The monoisotopic (exact) mass is 249 g/mol. The van der Waals surface area contributed by atoms with Crippen LogP contribution in [0.3, 0.4) is 0 Å². The number of nitrogens with one attached hydrogen (secondary N) is 1. The van der Waals surface area contributed by atoms with E-state index in [4.69, 9.17) is 5.11 Å². The zero-order chi connectivity index (χ0) is 12.6. The molecule has 0 spiro atoms.